The minimum atomic E-state index is -3.01. The number of pyridine rings is 5. The summed E-state index contributed by atoms with van der Waals surface area (Å²) < 4.78 is 79.2. The summed E-state index contributed by atoms with van der Waals surface area (Å²) in [6, 6.07) is 12.2. The molecule has 1 aliphatic rings. The van der Waals surface area contributed by atoms with Gasteiger partial charge in [-0.3, -0.25) is 14.4 Å². The van der Waals surface area contributed by atoms with Gasteiger partial charge in [0, 0.05) is 59.8 Å². The van der Waals surface area contributed by atoms with Gasteiger partial charge in [-0.25, -0.2) is 19.9 Å². The summed E-state index contributed by atoms with van der Waals surface area (Å²) in [7, 11) is 0. The highest BCUT2D eigenvalue weighted by Crippen LogP contribution is 2.38. The Morgan fingerprint density at radius 1 is 0.776 bits per heavy atom. The molecule has 5 N–H and O–H groups in total. The van der Waals surface area contributed by atoms with Gasteiger partial charge in [0.2, 0.25) is 23.8 Å². The average molecular weight is 682 g/mol. The van der Waals surface area contributed by atoms with Crippen LogP contribution in [0, 0.1) is 23.8 Å². The van der Waals surface area contributed by atoms with E-state index in [0.717, 1.165) is 12.3 Å². The molecule has 0 bridgehead atoms. The first kappa shape index (κ1) is 34.8. The molecule has 0 amide bonds. The Balaban J connectivity index is 0.000000212. The van der Waals surface area contributed by atoms with Crippen LogP contribution in [-0.2, 0) is 11.1 Å². The van der Waals surface area contributed by atoms with E-state index in [9.17, 15) is 31.1 Å². The van der Waals surface area contributed by atoms with Crippen LogP contribution in [0.4, 0.5) is 26.3 Å². The lowest BCUT2D eigenvalue weighted by molar-refractivity contribution is 0.0663. The van der Waals surface area contributed by atoms with Gasteiger partial charge in [0.05, 0.1) is 11.6 Å². The Labute approximate surface area is 275 Å². The largest absolute Gasteiger partial charge is 0.354 e. The summed E-state index contributed by atoms with van der Waals surface area (Å²) in [5.74, 6) is -2.32. The summed E-state index contributed by atoms with van der Waals surface area (Å²) in [6.07, 6.45) is 6.29. The molecule has 2 atom stereocenters. The zero-order valence-electron chi connectivity index (χ0n) is 25.9. The first-order valence-electron chi connectivity index (χ1n) is 14.6. The van der Waals surface area contributed by atoms with E-state index in [2.05, 4.69) is 30.2 Å². The summed E-state index contributed by atoms with van der Waals surface area (Å²) in [4.78, 5) is 30.7. The van der Waals surface area contributed by atoms with Gasteiger partial charge in [-0.15, -0.1) is 0 Å². The van der Waals surface area contributed by atoms with Crippen molar-refractivity contribution >= 4 is 5.84 Å². The van der Waals surface area contributed by atoms with Crippen molar-refractivity contribution in [3.8, 4) is 0 Å². The third-order valence-corrected chi connectivity index (χ3v) is 8.18. The van der Waals surface area contributed by atoms with Crippen LogP contribution in [0.2, 0.25) is 0 Å². The Kier molecular flexibility index (Phi) is 9.91. The minimum Gasteiger partial charge on any atom is -0.354 e. The first-order chi connectivity index (χ1) is 23.2. The van der Waals surface area contributed by atoms with Gasteiger partial charge in [-0.1, -0.05) is 24.3 Å². The lowest BCUT2D eigenvalue weighted by Crippen LogP contribution is -2.52. The second kappa shape index (κ2) is 13.9. The van der Waals surface area contributed by atoms with Gasteiger partial charge in [0.1, 0.15) is 11.4 Å². The molecule has 0 radical (unpaired) electrons. The Morgan fingerprint density at radius 3 is 1.63 bits per heavy atom. The van der Waals surface area contributed by atoms with E-state index in [0.29, 0.717) is 26.8 Å². The molecule has 0 aromatic carbocycles. The second-order valence-electron chi connectivity index (χ2n) is 11.2. The molecule has 49 heavy (non-hydrogen) atoms. The molecule has 0 fully saturated rings. The van der Waals surface area contributed by atoms with Crippen molar-refractivity contribution in [2.45, 2.75) is 43.6 Å². The number of rotatable bonds is 7. The molecule has 254 valence electrons. The van der Waals surface area contributed by atoms with Crippen LogP contribution in [0.1, 0.15) is 48.2 Å². The number of alkyl halides is 2. The fourth-order valence-electron chi connectivity index (χ4n) is 5.50. The lowest BCUT2D eigenvalue weighted by Gasteiger charge is -2.34. The van der Waals surface area contributed by atoms with E-state index in [-0.39, 0.29) is 11.4 Å². The van der Waals surface area contributed by atoms with Gasteiger partial charge < -0.3 is 16.8 Å². The fourth-order valence-corrected chi connectivity index (χ4v) is 5.50. The summed E-state index contributed by atoms with van der Waals surface area (Å²) in [5, 5.41) is 3.19. The van der Waals surface area contributed by atoms with E-state index in [1.165, 1.54) is 79.4 Å². The van der Waals surface area contributed by atoms with Crippen LogP contribution in [0.5, 0.6) is 0 Å². The Hall–Kier alpha value is -5.48. The van der Waals surface area contributed by atoms with Crippen LogP contribution in [0.15, 0.2) is 101 Å². The number of nitrogens with two attached hydrogens (primary N) is 2. The molecule has 6 rings (SSSR count). The minimum absolute atomic E-state index is 0.241. The third kappa shape index (κ3) is 6.91. The summed E-state index contributed by atoms with van der Waals surface area (Å²) in [6.45, 7) is 0.465. The maximum absolute atomic E-state index is 13.4. The van der Waals surface area contributed by atoms with Crippen LogP contribution in [-0.4, -0.2) is 42.4 Å². The maximum atomic E-state index is 13.4. The molecule has 0 saturated heterocycles. The van der Waals surface area contributed by atoms with Gasteiger partial charge in [-0.2, -0.15) is 26.3 Å². The zero-order valence-corrected chi connectivity index (χ0v) is 25.9. The van der Waals surface area contributed by atoms with Crippen molar-refractivity contribution in [1.82, 2.24) is 29.8 Å². The molecule has 16 heteroatoms. The molecule has 0 spiro atoms. The van der Waals surface area contributed by atoms with Crippen molar-refractivity contribution in [2.24, 2.45) is 16.5 Å². The second-order valence-corrected chi connectivity index (χ2v) is 11.2. The number of amidine groups is 1. The quantitative estimate of drug-likeness (QED) is 0.170. The van der Waals surface area contributed by atoms with Crippen molar-refractivity contribution < 1.29 is 26.3 Å². The molecular weight excluding hydrogens is 652 g/mol. The summed E-state index contributed by atoms with van der Waals surface area (Å²) in [5.41, 5.74) is 11.6. The topological polar surface area (TPSA) is 150 Å². The third-order valence-electron chi connectivity index (χ3n) is 8.18. The van der Waals surface area contributed by atoms with Gasteiger partial charge in [0.25, 0.3) is 5.56 Å². The highest BCUT2D eigenvalue weighted by Gasteiger charge is 2.46. The number of aliphatic imine (C=N–C) groups is 1. The van der Waals surface area contributed by atoms with Crippen molar-refractivity contribution in [2.75, 3.05) is 0 Å². The molecule has 10 nitrogen and oxygen atoms in total. The van der Waals surface area contributed by atoms with E-state index in [1.807, 2.05) is 0 Å². The smallest absolute Gasteiger partial charge is 0.321 e. The SMILES string of the molecule is C[C@@H]1N=C(c2ccc(=O)n(C(F)F)c2)NC1(c1ccc(F)nc1)c1ccc(F)nc1.C[C@H](N)C(N)(c1ccc(F)nc1)c1ccc(F)nc1. The summed E-state index contributed by atoms with van der Waals surface area (Å²) >= 11 is 0. The normalized spacial score (nSPS) is 16.0. The predicted octanol–water partition coefficient (Wildman–Crippen LogP) is 4.30. The molecule has 5 aromatic heterocycles. The van der Waals surface area contributed by atoms with Gasteiger partial charge >= 0.3 is 6.55 Å². The van der Waals surface area contributed by atoms with Crippen LogP contribution in [0.25, 0.3) is 0 Å². The molecule has 6 heterocycles. The van der Waals surface area contributed by atoms with Crippen LogP contribution >= 0.6 is 0 Å². The maximum Gasteiger partial charge on any atom is 0.321 e. The van der Waals surface area contributed by atoms with Crippen LogP contribution < -0.4 is 22.3 Å². The fraction of sp³-hybridized carbons (Fsp3) is 0.212. The molecule has 0 aliphatic carbocycles. The standard InChI is InChI=1S/C20H15F4N5O.C13H14F2N4/c1-11-20(13-3-5-15(21)25-8-13,14-4-6-16(22)26-9-14)28-18(27-11)12-2-7-17(30)29(10-12)19(23)24;1-8(16)13(17,9-2-4-11(14)18-6-9)10-3-5-12(15)19-7-10/h2-11,19H,1H3,(H,27,28);2-8H,16-17H2,1H3/t11-;8-/m00/s1. The van der Waals surface area contributed by atoms with Crippen molar-refractivity contribution in [1.29, 1.82) is 0 Å². The number of hydrogen-bond acceptors (Lipinski definition) is 9. The molecule has 5 aromatic rings. The Bertz CT molecular complexity index is 1900. The number of nitrogens with zero attached hydrogens (tertiary/aromatic N) is 6. The molecule has 0 saturated carbocycles. The number of aromatic nitrogens is 5. The van der Waals surface area contributed by atoms with Crippen LogP contribution in [0.3, 0.4) is 0 Å². The van der Waals surface area contributed by atoms with Crippen molar-refractivity contribution in [3.63, 3.8) is 0 Å². The molecular formula is C33H29F6N9O. The highest BCUT2D eigenvalue weighted by atomic mass is 19.3. The zero-order chi connectivity index (χ0) is 35.5. The lowest BCUT2D eigenvalue weighted by atomic mass is 9.79. The average Bonchev–Trinajstić information content (AvgIpc) is 3.43. The van der Waals surface area contributed by atoms with Crippen molar-refractivity contribution in [3.05, 3.63) is 154 Å². The Morgan fingerprint density at radius 2 is 1.24 bits per heavy atom. The van der Waals surface area contributed by atoms with E-state index in [4.69, 9.17) is 11.5 Å². The highest BCUT2D eigenvalue weighted by molar-refractivity contribution is 6.01. The molecule has 0 unspecified atom stereocenters. The van der Waals surface area contributed by atoms with Gasteiger partial charge in [0.15, 0.2) is 0 Å². The van der Waals surface area contributed by atoms with E-state index < -0.39 is 59.1 Å². The van der Waals surface area contributed by atoms with E-state index in [1.54, 1.807) is 13.8 Å². The van der Waals surface area contributed by atoms with E-state index >= 15 is 0 Å². The first-order valence-corrected chi connectivity index (χ1v) is 14.6. The predicted molar refractivity (Wildman–Crippen MR) is 167 cm³/mol. The number of halogens is 6. The number of hydrogen-bond donors (Lipinski definition) is 3. The number of nitrogens with one attached hydrogen (secondary N) is 1. The monoisotopic (exact) mass is 681 g/mol. The van der Waals surface area contributed by atoms with Gasteiger partial charge in [-0.05, 0) is 55.3 Å². The molecule has 1 aliphatic heterocycles.